The Kier molecular flexibility index (Phi) is 4.96. The zero-order valence-corrected chi connectivity index (χ0v) is 16.0. The summed E-state index contributed by atoms with van der Waals surface area (Å²) in [4.78, 5) is 23.5. The van der Waals surface area contributed by atoms with Gasteiger partial charge in [0.15, 0.2) is 0 Å². The summed E-state index contributed by atoms with van der Waals surface area (Å²) in [7, 11) is 1.86. The summed E-state index contributed by atoms with van der Waals surface area (Å²) < 4.78 is 2.03. The second-order valence-corrected chi connectivity index (χ2v) is 7.42. The van der Waals surface area contributed by atoms with Crippen LogP contribution in [0.1, 0.15) is 42.8 Å². The lowest BCUT2D eigenvalue weighted by Gasteiger charge is -2.28. The Labute approximate surface area is 159 Å². The molecule has 2 aromatic heterocycles. The van der Waals surface area contributed by atoms with Crippen molar-refractivity contribution in [3.05, 3.63) is 29.2 Å². The quantitative estimate of drug-likeness (QED) is 0.836. The fraction of sp³-hybridized carbons (Fsp3) is 0.579. The average Bonchev–Trinajstić information content (AvgIpc) is 3.34. The summed E-state index contributed by atoms with van der Waals surface area (Å²) in [6.07, 6.45) is 4.38. The van der Waals surface area contributed by atoms with Gasteiger partial charge in [0.2, 0.25) is 11.9 Å². The molecule has 0 unspecified atom stereocenters. The molecule has 0 bridgehead atoms. The number of hydrogen-bond acceptors (Lipinski definition) is 6. The van der Waals surface area contributed by atoms with E-state index in [1.54, 1.807) is 0 Å². The Hall–Kier alpha value is -2.64. The van der Waals surface area contributed by atoms with E-state index in [4.69, 9.17) is 0 Å². The van der Waals surface area contributed by atoms with E-state index in [1.165, 1.54) is 12.8 Å². The van der Waals surface area contributed by atoms with Crippen LogP contribution in [0.15, 0.2) is 12.1 Å². The highest BCUT2D eigenvalue weighted by Crippen LogP contribution is 2.25. The molecule has 1 aliphatic heterocycles. The number of aromatic nitrogens is 4. The molecule has 2 aromatic rings. The molecule has 0 spiro atoms. The normalized spacial score (nSPS) is 17.0. The number of anilines is 2. The van der Waals surface area contributed by atoms with Crippen LogP contribution < -0.4 is 15.5 Å². The van der Waals surface area contributed by atoms with Gasteiger partial charge in [-0.3, -0.25) is 9.48 Å². The molecule has 2 N–H and O–H groups in total. The largest absolute Gasteiger partial charge is 0.373 e. The van der Waals surface area contributed by atoms with Gasteiger partial charge in [-0.15, -0.1) is 0 Å². The smallest absolute Gasteiger partial charge is 0.227 e. The maximum Gasteiger partial charge on any atom is 0.227 e. The van der Waals surface area contributed by atoms with E-state index in [9.17, 15) is 4.79 Å². The van der Waals surface area contributed by atoms with Crippen molar-refractivity contribution in [3.63, 3.8) is 0 Å². The number of nitrogens with one attached hydrogen (secondary N) is 2. The number of rotatable bonds is 5. The maximum atomic E-state index is 12.2. The first-order valence-corrected chi connectivity index (χ1v) is 9.74. The third-order valence-electron chi connectivity index (χ3n) is 5.40. The van der Waals surface area contributed by atoms with Crippen LogP contribution in [-0.2, 0) is 24.4 Å². The molecule has 144 valence electrons. The predicted octanol–water partition coefficient (Wildman–Crippen LogP) is 1.85. The molecule has 8 heteroatoms. The van der Waals surface area contributed by atoms with Gasteiger partial charge in [-0.05, 0) is 25.8 Å². The SMILES string of the molecule is CNc1cc(C)nc(N2CCn3nc(CNC(=O)C4CCCC4)cc3C2)n1. The van der Waals surface area contributed by atoms with Crippen LogP contribution in [0, 0.1) is 12.8 Å². The summed E-state index contributed by atoms with van der Waals surface area (Å²) in [5.41, 5.74) is 2.99. The van der Waals surface area contributed by atoms with Crippen LogP contribution in [0.5, 0.6) is 0 Å². The maximum absolute atomic E-state index is 12.2. The lowest BCUT2D eigenvalue weighted by molar-refractivity contribution is -0.124. The lowest BCUT2D eigenvalue weighted by Crippen LogP contribution is -2.35. The second kappa shape index (κ2) is 7.54. The van der Waals surface area contributed by atoms with E-state index in [2.05, 4.69) is 36.7 Å². The number of aryl methyl sites for hydroxylation is 1. The minimum Gasteiger partial charge on any atom is -0.373 e. The molecule has 1 fully saturated rings. The van der Waals surface area contributed by atoms with Crippen molar-refractivity contribution in [2.24, 2.45) is 5.92 Å². The topological polar surface area (TPSA) is 88.0 Å². The predicted molar refractivity (Wildman–Crippen MR) is 103 cm³/mol. The van der Waals surface area contributed by atoms with Gasteiger partial charge < -0.3 is 15.5 Å². The molecule has 0 radical (unpaired) electrons. The van der Waals surface area contributed by atoms with Gasteiger partial charge in [0, 0.05) is 31.3 Å². The van der Waals surface area contributed by atoms with E-state index in [1.807, 2.05) is 24.7 Å². The van der Waals surface area contributed by atoms with Gasteiger partial charge in [-0.25, -0.2) is 4.98 Å². The Morgan fingerprint density at radius 2 is 2.04 bits per heavy atom. The van der Waals surface area contributed by atoms with Crippen LogP contribution in [0.4, 0.5) is 11.8 Å². The molecule has 1 saturated carbocycles. The van der Waals surface area contributed by atoms with Crippen molar-refractivity contribution in [1.82, 2.24) is 25.1 Å². The summed E-state index contributed by atoms with van der Waals surface area (Å²) in [5, 5.41) is 10.8. The van der Waals surface area contributed by atoms with E-state index in [-0.39, 0.29) is 11.8 Å². The van der Waals surface area contributed by atoms with Gasteiger partial charge >= 0.3 is 0 Å². The first-order chi connectivity index (χ1) is 13.1. The number of amides is 1. The average molecular weight is 369 g/mol. The van der Waals surface area contributed by atoms with Crippen molar-refractivity contribution >= 4 is 17.7 Å². The molecule has 0 saturated heterocycles. The minimum atomic E-state index is 0.174. The molecule has 0 atom stereocenters. The summed E-state index contributed by atoms with van der Waals surface area (Å²) in [6, 6.07) is 4.01. The zero-order chi connectivity index (χ0) is 18.8. The Morgan fingerprint density at radius 3 is 2.81 bits per heavy atom. The van der Waals surface area contributed by atoms with E-state index in [0.717, 1.165) is 61.3 Å². The Balaban J connectivity index is 1.41. The van der Waals surface area contributed by atoms with Crippen LogP contribution in [-0.4, -0.2) is 39.2 Å². The fourth-order valence-electron chi connectivity index (χ4n) is 3.92. The number of fused-ring (bicyclic) bond motifs is 1. The van der Waals surface area contributed by atoms with E-state index < -0.39 is 0 Å². The first-order valence-electron chi connectivity index (χ1n) is 9.74. The van der Waals surface area contributed by atoms with Gasteiger partial charge in [-0.1, -0.05) is 12.8 Å². The van der Waals surface area contributed by atoms with Crippen molar-refractivity contribution in [1.29, 1.82) is 0 Å². The number of nitrogens with zero attached hydrogens (tertiary/aromatic N) is 5. The highest BCUT2D eigenvalue weighted by Gasteiger charge is 2.24. The van der Waals surface area contributed by atoms with Crippen molar-refractivity contribution in [3.8, 4) is 0 Å². The van der Waals surface area contributed by atoms with Gasteiger partial charge in [0.1, 0.15) is 5.82 Å². The highest BCUT2D eigenvalue weighted by molar-refractivity contribution is 5.78. The molecule has 4 rings (SSSR count). The molecular formula is C19H27N7O. The fourth-order valence-corrected chi connectivity index (χ4v) is 3.92. The number of carbonyl (C=O) groups excluding carboxylic acids is 1. The van der Waals surface area contributed by atoms with Crippen LogP contribution >= 0.6 is 0 Å². The molecule has 8 nitrogen and oxygen atoms in total. The summed E-state index contributed by atoms with van der Waals surface area (Å²) >= 11 is 0. The molecule has 1 amide bonds. The molecule has 0 aromatic carbocycles. The minimum absolute atomic E-state index is 0.174. The van der Waals surface area contributed by atoms with Crippen LogP contribution in [0.2, 0.25) is 0 Å². The van der Waals surface area contributed by atoms with E-state index in [0.29, 0.717) is 6.54 Å². The monoisotopic (exact) mass is 369 g/mol. The number of carbonyl (C=O) groups is 1. The number of hydrogen-bond donors (Lipinski definition) is 2. The van der Waals surface area contributed by atoms with Gasteiger partial charge in [0.25, 0.3) is 0 Å². The molecular weight excluding hydrogens is 342 g/mol. The molecule has 27 heavy (non-hydrogen) atoms. The third-order valence-corrected chi connectivity index (χ3v) is 5.40. The van der Waals surface area contributed by atoms with Crippen LogP contribution in [0.25, 0.3) is 0 Å². The van der Waals surface area contributed by atoms with Gasteiger partial charge in [0.05, 0.1) is 31.0 Å². The Morgan fingerprint density at radius 1 is 1.22 bits per heavy atom. The van der Waals surface area contributed by atoms with Crippen molar-refractivity contribution in [2.45, 2.75) is 52.2 Å². The summed E-state index contributed by atoms with van der Waals surface area (Å²) in [6.45, 7) is 4.80. The van der Waals surface area contributed by atoms with Gasteiger partial charge in [-0.2, -0.15) is 10.1 Å². The standard InChI is InChI=1S/C19H27N7O/c1-13-9-17(20-2)23-19(22-13)25-7-8-26-16(12-25)10-15(24-26)11-21-18(27)14-5-3-4-6-14/h9-10,14H,3-8,11-12H2,1-2H3,(H,21,27)(H,20,22,23). The first kappa shape index (κ1) is 17.8. The van der Waals surface area contributed by atoms with E-state index >= 15 is 0 Å². The molecule has 3 heterocycles. The Bertz CT molecular complexity index is 825. The molecule has 1 aliphatic carbocycles. The van der Waals surface area contributed by atoms with Crippen molar-refractivity contribution in [2.75, 3.05) is 23.8 Å². The lowest BCUT2D eigenvalue weighted by atomic mass is 10.1. The highest BCUT2D eigenvalue weighted by atomic mass is 16.1. The summed E-state index contributed by atoms with van der Waals surface area (Å²) in [5.74, 6) is 1.93. The van der Waals surface area contributed by atoms with Crippen molar-refractivity contribution < 1.29 is 4.79 Å². The second-order valence-electron chi connectivity index (χ2n) is 7.42. The van der Waals surface area contributed by atoms with Crippen LogP contribution in [0.3, 0.4) is 0 Å². The third kappa shape index (κ3) is 3.89. The zero-order valence-electron chi connectivity index (χ0n) is 16.0. The molecule has 2 aliphatic rings.